The molecule has 1 aromatic heterocycles. The zero-order chi connectivity index (χ0) is 29.1. The molecule has 0 amide bonds. The predicted octanol–water partition coefficient (Wildman–Crippen LogP) is 7.52. The molecule has 1 saturated heterocycles. The van der Waals surface area contributed by atoms with E-state index in [0.717, 1.165) is 78.8 Å². The molecule has 5 rings (SSSR count). The van der Waals surface area contributed by atoms with Crippen molar-refractivity contribution >= 4 is 35.6 Å². The summed E-state index contributed by atoms with van der Waals surface area (Å²) in [6, 6.07) is 17.8. The molecule has 224 valence electrons. The van der Waals surface area contributed by atoms with Crippen LogP contribution in [0.2, 0.25) is 0 Å². The summed E-state index contributed by atoms with van der Waals surface area (Å²) in [4.78, 5) is 27.2. The monoisotopic (exact) mass is 594 g/mol. The lowest BCUT2D eigenvalue weighted by atomic mass is 9.87. The normalized spacial score (nSPS) is 15.8. The lowest BCUT2D eigenvalue weighted by Crippen LogP contribution is -2.47. The van der Waals surface area contributed by atoms with Crippen molar-refractivity contribution in [2.45, 2.75) is 58.5 Å². The number of halogens is 2. The van der Waals surface area contributed by atoms with E-state index >= 15 is 0 Å². The number of ether oxygens (including phenoxy) is 1. The number of aromatic carboxylic acids is 1. The van der Waals surface area contributed by atoms with Gasteiger partial charge in [-0.05, 0) is 116 Å². The number of aryl methyl sites for hydroxylation is 1. The molecule has 0 saturated carbocycles. The van der Waals surface area contributed by atoms with E-state index in [1.807, 2.05) is 39.0 Å². The second kappa shape index (κ2) is 13.3. The molecule has 1 N–H and O–H groups in total. The average molecular weight is 595 g/mol. The van der Waals surface area contributed by atoms with Gasteiger partial charge in [-0.3, -0.25) is 8.96 Å². The molecule has 0 radical (unpaired) electrons. The summed E-state index contributed by atoms with van der Waals surface area (Å²) in [7, 11) is 0. The fraction of sp³-hybridized carbons (Fsp3) is 0.412. The highest BCUT2D eigenvalue weighted by Crippen LogP contribution is 2.40. The van der Waals surface area contributed by atoms with Crippen molar-refractivity contribution in [3.8, 4) is 0 Å². The van der Waals surface area contributed by atoms with Gasteiger partial charge in [0.25, 0.3) is 0 Å². The molecule has 3 aromatic rings. The van der Waals surface area contributed by atoms with Gasteiger partial charge in [0, 0.05) is 25.8 Å². The number of hydrogen-bond donors (Lipinski definition) is 1. The first-order valence-corrected chi connectivity index (χ1v) is 14.5. The Labute approximate surface area is 253 Å². The Morgan fingerprint density at radius 3 is 2.45 bits per heavy atom. The summed E-state index contributed by atoms with van der Waals surface area (Å²) in [6.45, 7) is 8.16. The number of nitrogens with zero attached hydrogens (tertiary/aromatic N) is 2. The van der Waals surface area contributed by atoms with Gasteiger partial charge >= 0.3 is 12.1 Å². The highest BCUT2D eigenvalue weighted by Gasteiger charge is 2.28. The van der Waals surface area contributed by atoms with Gasteiger partial charge in [0.05, 0.1) is 17.9 Å². The molecule has 2 aliphatic rings. The zero-order valence-corrected chi connectivity index (χ0v) is 25.4. The molecule has 0 atom stereocenters. The van der Waals surface area contributed by atoms with Crippen molar-refractivity contribution in [3.05, 3.63) is 94.3 Å². The van der Waals surface area contributed by atoms with E-state index in [1.54, 1.807) is 22.9 Å². The molecule has 8 heteroatoms. The third-order valence-electron chi connectivity index (χ3n) is 7.85. The first kappa shape index (κ1) is 31.5. The first-order valence-electron chi connectivity index (χ1n) is 14.5. The number of benzene rings is 2. The van der Waals surface area contributed by atoms with Crippen LogP contribution in [0.3, 0.4) is 0 Å². The summed E-state index contributed by atoms with van der Waals surface area (Å²) >= 11 is 0. The zero-order valence-electron chi connectivity index (χ0n) is 24.6. The highest BCUT2D eigenvalue weighted by atomic mass is 35.5. The topological polar surface area (TPSA) is 71.8 Å². The number of likely N-dealkylation sites (tertiary alicyclic amines) is 1. The van der Waals surface area contributed by atoms with E-state index in [2.05, 4.69) is 29.2 Å². The molecule has 1 fully saturated rings. The fourth-order valence-corrected chi connectivity index (χ4v) is 6.02. The smallest absolute Gasteiger partial charge is 0.418 e. The minimum absolute atomic E-state index is 0. The van der Waals surface area contributed by atoms with Gasteiger partial charge < -0.3 is 14.7 Å². The van der Waals surface area contributed by atoms with Crippen LogP contribution >= 0.6 is 12.4 Å². The standard InChI is InChI=1S/C34H39FN2O4.ClH/c1-34(2,3)41-33(40)37-18-5-9-30(37)29-8-4-7-26-20-27(32(38)39)14-15-28(26)31(29)25-12-10-23(11-13-25)19-24-21-36(22-24)17-6-16-35;/h5,9-15,18,20,24H,4,6-8,16-17,19,21-22H2,1-3H3,(H,38,39);1H. The number of carbonyl (C=O) groups excluding carboxylic acids is 1. The van der Waals surface area contributed by atoms with Crippen LogP contribution in [-0.2, 0) is 17.6 Å². The molecule has 6 nitrogen and oxygen atoms in total. The summed E-state index contributed by atoms with van der Waals surface area (Å²) in [5, 5.41) is 9.63. The number of carboxylic acids is 1. The Balaban J connectivity index is 0.00000405. The Bertz CT molecular complexity index is 1450. The maximum atomic E-state index is 13.2. The maximum absolute atomic E-state index is 13.2. The van der Waals surface area contributed by atoms with Crippen LogP contribution in [0.5, 0.6) is 0 Å². The Hall–Kier alpha value is -3.42. The molecular weight excluding hydrogens is 555 g/mol. The molecule has 42 heavy (non-hydrogen) atoms. The average Bonchev–Trinajstić information content (AvgIpc) is 3.31. The number of allylic oxidation sites excluding steroid dienone is 1. The lowest BCUT2D eigenvalue weighted by Gasteiger charge is -2.39. The van der Waals surface area contributed by atoms with Crippen molar-refractivity contribution in [1.29, 1.82) is 0 Å². The molecule has 2 aromatic carbocycles. The summed E-state index contributed by atoms with van der Waals surface area (Å²) in [5.41, 5.74) is 6.79. The van der Waals surface area contributed by atoms with Gasteiger partial charge in [0.15, 0.2) is 0 Å². The van der Waals surface area contributed by atoms with Gasteiger partial charge in [-0.15, -0.1) is 12.4 Å². The van der Waals surface area contributed by atoms with E-state index in [-0.39, 0.29) is 24.6 Å². The van der Waals surface area contributed by atoms with Crippen molar-refractivity contribution < 1.29 is 23.8 Å². The Kier molecular flexibility index (Phi) is 9.95. The Morgan fingerprint density at radius 2 is 1.79 bits per heavy atom. The van der Waals surface area contributed by atoms with E-state index in [0.29, 0.717) is 12.3 Å². The molecule has 0 unspecified atom stereocenters. The largest absolute Gasteiger partial charge is 0.478 e. The van der Waals surface area contributed by atoms with Crippen molar-refractivity contribution in [1.82, 2.24) is 9.47 Å². The van der Waals surface area contributed by atoms with Crippen LogP contribution in [0, 0.1) is 5.92 Å². The van der Waals surface area contributed by atoms with E-state index in [4.69, 9.17) is 4.74 Å². The quantitative estimate of drug-likeness (QED) is 0.292. The molecular formula is C34H40ClFN2O4. The van der Waals surface area contributed by atoms with Gasteiger partial charge in [0.2, 0.25) is 0 Å². The summed E-state index contributed by atoms with van der Waals surface area (Å²) < 4.78 is 19.8. The number of carboxylic acid groups (broad SMARTS) is 1. The second-order valence-corrected chi connectivity index (χ2v) is 12.2. The number of fused-ring (bicyclic) bond motifs is 1. The second-order valence-electron chi connectivity index (χ2n) is 12.2. The number of rotatable bonds is 8. The SMILES string of the molecule is CC(C)(C)OC(=O)n1cccc1C1=C(c2ccc(CC3CN(CCCF)C3)cc2)c2ccc(C(=O)O)cc2CCC1.Cl. The third-order valence-corrected chi connectivity index (χ3v) is 7.85. The summed E-state index contributed by atoms with van der Waals surface area (Å²) in [5.74, 6) is -0.356. The minimum Gasteiger partial charge on any atom is -0.478 e. The van der Waals surface area contributed by atoms with Crippen molar-refractivity contribution in [2.75, 3.05) is 26.3 Å². The van der Waals surface area contributed by atoms with Crippen LogP contribution in [0.1, 0.15) is 78.3 Å². The van der Waals surface area contributed by atoms with E-state index in [9.17, 15) is 19.1 Å². The number of alkyl halides is 1. The molecule has 2 heterocycles. The predicted molar refractivity (Wildman–Crippen MR) is 166 cm³/mol. The van der Waals surface area contributed by atoms with E-state index in [1.165, 1.54) is 5.56 Å². The molecule has 1 aliphatic heterocycles. The van der Waals surface area contributed by atoms with Gasteiger partial charge in [-0.25, -0.2) is 9.59 Å². The van der Waals surface area contributed by atoms with Gasteiger partial charge in [0.1, 0.15) is 5.60 Å². The van der Waals surface area contributed by atoms with Crippen LogP contribution in [0.25, 0.3) is 11.1 Å². The fourth-order valence-electron chi connectivity index (χ4n) is 6.02. The van der Waals surface area contributed by atoms with Gasteiger partial charge in [-0.1, -0.05) is 30.3 Å². The molecule has 0 bridgehead atoms. The van der Waals surface area contributed by atoms with Gasteiger partial charge in [-0.2, -0.15) is 0 Å². The van der Waals surface area contributed by atoms with Crippen LogP contribution in [0.15, 0.2) is 60.8 Å². The molecule has 0 spiro atoms. The number of aromatic nitrogens is 1. The number of carbonyl (C=O) groups is 2. The van der Waals surface area contributed by atoms with E-state index < -0.39 is 17.7 Å². The highest BCUT2D eigenvalue weighted by molar-refractivity contribution is 6.01. The van der Waals surface area contributed by atoms with Crippen molar-refractivity contribution in [3.63, 3.8) is 0 Å². The lowest BCUT2D eigenvalue weighted by molar-refractivity contribution is 0.0535. The van der Waals surface area contributed by atoms with Crippen LogP contribution in [-0.4, -0.2) is 58.5 Å². The first-order chi connectivity index (χ1) is 19.6. The minimum atomic E-state index is -0.940. The molecule has 1 aliphatic carbocycles. The number of hydrogen-bond acceptors (Lipinski definition) is 4. The van der Waals surface area contributed by atoms with Crippen LogP contribution in [0.4, 0.5) is 9.18 Å². The van der Waals surface area contributed by atoms with Crippen LogP contribution < -0.4 is 0 Å². The maximum Gasteiger partial charge on any atom is 0.418 e. The summed E-state index contributed by atoms with van der Waals surface area (Å²) in [6.07, 6.45) is 5.21. The Morgan fingerprint density at radius 1 is 1.05 bits per heavy atom. The van der Waals surface area contributed by atoms with Crippen molar-refractivity contribution in [2.24, 2.45) is 5.92 Å². The third kappa shape index (κ3) is 7.13.